The number of aliphatic hydroxyl groups is 1. The topological polar surface area (TPSA) is 62.2 Å². The minimum Gasteiger partial charge on any atom is -0.388 e. The summed E-state index contributed by atoms with van der Waals surface area (Å²) in [5.41, 5.74) is -0.453. The van der Waals surface area contributed by atoms with Gasteiger partial charge in [0, 0.05) is 6.20 Å². The van der Waals surface area contributed by atoms with Crippen LogP contribution < -0.4 is 4.72 Å². The second kappa shape index (κ2) is 7.13. The number of nitrogens with one attached hydrogen (secondary N) is 1. The molecule has 1 unspecified atom stereocenters. The second-order valence-corrected chi connectivity index (χ2v) is 9.51. The van der Waals surface area contributed by atoms with Gasteiger partial charge in [-0.1, -0.05) is 17.7 Å². The molecule has 2 N–H and O–H groups in total. The molecule has 7 heteroatoms. The minimum atomic E-state index is -1.37. The Hall–Kier alpha value is -0.560. The van der Waals surface area contributed by atoms with Crippen LogP contribution in [0.15, 0.2) is 18.3 Å². The van der Waals surface area contributed by atoms with Gasteiger partial charge in [0.15, 0.2) is 0 Å². The van der Waals surface area contributed by atoms with E-state index in [0.29, 0.717) is 36.4 Å². The van der Waals surface area contributed by atoms with Crippen molar-refractivity contribution in [3.05, 3.63) is 29.0 Å². The third kappa shape index (κ3) is 4.72. The summed E-state index contributed by atoms with van der Waals surface area (Å²) in [6, 6.07) is 2.81. The first kappa shape index (κ1) is 18.8. The Bertz CT molecular complexity index is 554. The maximum absolute atomic E-state index is 13.5. The predicted octanol–water partition coefficient (Wildman–Crippen LogP) is 3.47. The lowest BCUT2D eigenvalue weighted by Gasteiger charge is -2.41. The molecule has 130 valence electrons. The van der Waals surface area contributed by atoms with Gasteiger partial charge in [-0.3, -0.25) is 0 Å². The monoisotopic (exact) mass is 362 g/mol. The van der Waals surface area contributed by atoms with Crippen LogP contribution in [0.5, 0.6) is 0 Å². The zero-order chi connectivity index (χ0) is 17.3. The Balaban J connectivity index is 2.31. The molecule has 4 nitrogen and oxygen atoms in total. The van der Waals surface area contributed by atoms with Crippen LogP contribution >= 0.6 is 11.6 Å². The van der Waals surface area contributed by atoms with E-state index < -0.39 is 33.5 Å². The Morgan fingerprint density at radius 1 is 1.43 bits per heavy atom. The van der Waals surface area contributed by atoms with Gasteiger partial charge < -0.3 is 5.11 Å². The van der Waals surface area contributed by atoms with Gasteiger partial charge in [0.05, 0.1) is 27.4 Å². The summed E-state index contributed by atoms with van der Waals surface area (Å²) < 4.78 is 28.6. The maximum atomic E-state index is 13.5. The van der Waals surface area contributed by atoms with Crippen molar-refractivity contribution in [3.8, 4) is 0 Å². The van der Waals surface area contributed by atoms with E-state index in [2.05, 4.69) is 9.71 Å². The van der Waals surface area contributed by atoms with Gasteiger partial charge in [0.25, 0.3) is 0 Å². The quantitative estimate of drug-likeness (QED) is 0.806. The highest BCUT2D eigenvalue weighted by atomic mass is 35.5. The van der Waals surface area contributed by atoms with Crippen LogP contribution in [0.1, 0.15) is 58.1 Å². The molecular formula is C16H24ClFN2O2S. The number of hydrogen-bond acceptors (Lipinski definition) is 3. The lowest BCUT2D eigenvalue weighted by atomic mass is 9.77. The number of aromatic nitrogens is 1. The van der Waals surface area contributed by atoms with Crippen molar-refractivity contribution in [2.45, 2.75) is 69.0 Å². The van der Waals surface area contributed by atoms with E-state index in [9.17, 15) is 13.7 Å². The number of hydrogen-bond donors (Lipinski definition) is 2. The molecule has 0 amide bonds. The molecule has 1 fully saturated rings. The largest absolute Gasteiger partial charge is 0.388 e. The Labute approximate surface area is 144 Å². The van der Waals surface area contributed by atoms with Crippen molar-refractivity contribution < 1.29 is 13.7 Å². The van der Waals surface area contributed by atoms with Gasteiger partial charge in [0.1, 0.15) is 11.3 Å². The number of pyridine rings is 1. The summed E-state index contributed by atoms with van der Waals surface area (Å²) in [5.74, 6) is 0. The third-order valence-electron chi connectivity index (χ3n) is 4.18. The highest BCUT2D eigenvalue weighted by Gasteiger charge is 2.43. The second-order valence-electron chi connectivity index (χ2n) is 7.12. The SMILES string of the molecule is CC(C)(C)S(=O)N[C@@H](c1ccc(Cl)nc1)C1(O)CCC(F)CC1. The average Bonchev–Trinajstić information content (AvgIpc) is 2.48. The van der Waals surface area contributed by atoms with Gasteiger partial charge in [-0.05, 0) is 58.1 Å². The van der Waals surface area contributed by atoms with E-state index in [0.717, 1.165) is 0 Å². The number of halogens is 2. The van der Waals surface area contributed by atoms with Crippen LogP contribution in [0.4, 0.5) is 4.39 Å². The first-order chi connectivity index (χ1) is 10.6. The van der Waals surface area contributed by atoms with Crippen LogP contribution in [0, 0.1) is 0 Å². The van der Waals surface area contributed by atoms with E-state index in [1.165, 1.54) is 0 Å². The molecular weight excluding hydrogens is 339 g/mol. The molecule has 1 aliphatic carbocycles. The molecule has 2 atom stereocenters. The van der Waals surface area contributed by atoms with Crippen LogP contribution in [0.2, 0.25) is 5.15 Å². The molecule has 0 saturated heterocycles. The molecule has 0 aromatic carbocycles. The molecule has 0 bridgehead atoms. The normalized spacial score (nSPS) is 28.3. The molecule has 2 rings (SSSR count). The average molecular weight is 363 g/mol. The highest BCUT2D eigenvalue weighted by molar-refractivity contribution is 7.84. The zero-order valence-corrected chi connectivity index (χ0v) is 15.3. The first-order valence-electron chi connectivity index (χ1n) is 7.78. The van der Waals surface area contributed by atoms with Gasteiger partial charge in [-0.25, -0.2) is 18.3 Å². The smallest absolute Gasteiger partial charge is 0.129 e. The standard InChI is InChI=1S/C16H24ClFN2O2S/c1-15(2,3)23(22)20-14(11-4-5-13(17)19-10-11)16(21)8-6-12(18)7-9-16/h4-5,10,12,14,20-21H,6-9H2,1-3H3/t12?,14-,16?,23?/m0/s1. The van der Waals surface area contributed by atoms with E-state index in [-0.39, 0.29) is 0 Å². The summed E-state index contributed by atoms with van der Waals surface area (Å²) in [5, 5.41) is 11.4. The third-order valence-corrected chi connectivity index (χ3v) is 5.97. The van der Waals surface area contributed by atoms with E-state index in [4.69, 9.17) is 11.6 Å². The summed E-state index contributed by atoms with van der Waals surface area (Å²) in [4.78, 5) is 4.05. The molecule has 0 spiro atoms. The summed E-state index contributed by atoms with van der Waals surface area (Å²) >= 11 is 5.83. The van der Waals surface area contributed by atoms with E-state index in [1.54, 1.807) is 18.3 Å². The van der Waals surface area contributed by atoms with Crippen molar-refractivity contribution >= 4 is 22.6 Å². The lowest BCUT2D eigenvalue weighted by molar-refractivity contribution is -0.0405. The zero-order valence-electron chi connectivity index (χ0n) is 13.7. The fourth-order valence-electron chi connectivity index (χ4n) is 2.70. The van der Waals surface area contributed by atoms with Crippen LogP contribution in [-0.4, -0.2) is 30.8 Å². The fraction of sp³-hybridized carbons (Fsp3) is 0.688. The Morgan fingerprint density at radius 2 is 2.04 bits per heavy atom. The minimum absolute atomic E-state index is 0.303. The molecule has 1 aromatic heterocycles. The molecule has 1 aromatic rings. The van der Waals surface area contributed by atoms with Crippen molar-refractivity contribution in [1.29, 1.82) is 0 Å². The number of rotatable bonds is 4. The Morgan fingerprint density at radius 3 is 2.52 bits per heavy atom. The lowest BCUT2D eigenvalue weighted by Crippen LogP contribution is -2.49. The fourth-order valence-corrected chi connectivity index (χ4v) is 3.74. The molecule has 1 saturated carbocycles. The summed E-state index contributed by atoms with van der Waals surface area (Å²) in [7, 11) is -1.37. The molecule has 0 radical (unpaired) electrons. The maximum Gasteiger partial charge on any atom is 0.129 e. The van der Waals surface area contributed by atoms with Crippen molar-refractivity contribution in [3.63, 3.8) is 0 Å². The van der Waals surface area contributed by atoms with E-state index in [1.807, 2.05) is 20.8 Å². The highest BCUT2D eigenvalue weighted by Crippen LogP contribution is 2.40. The number of alkyl halides is 1. The molecule has 1 aliphatic rings. The summed E-state index contributed by atoms with van der Waals surface area (Å²) in [6.07, 6.45) is 1.92. The van der Waals surface area contributed by atoms with Crippen molar-refractivity contribution in [2.75, 3.05) is 0 Å². The van der Waals surface area contributed by atoms with Crippen LogP contribution in [0.25, 0.3) is 0 Å². The van der Waals surface area contributed by atoms with E-state index >= 15 is 0 Å². The van der Waals surface area contributed by atoms with Gasteiger partial charge in [0.2, 0.25) is 0 Å². The van der Waals surface area contributed by atoms with Gasteiger partial charge in [-0.15, -0.1) is 0 Å². The Kier molecular flexibility index (Phi) is 5.82. The summed E-state index contributed by atoms with van der Waals surface area (Å²) in [6.45, 7) is 5.57. The van der Waals surface area contributed by atoms with Crippen molar-refractivity contribution in [2.24, 2.45) is 0 Å². The molecule has 0 aliphatic heterocycles. The van der Waals surface area contributed by atoms with Crippen LogP contribution in [0.3, 0.4) is 0 Å². The van der Waals surface area contributed by atoms with Gasteiger partial charge in [-0.2, -0.15) is 0 Å². The molecule has 1 heterocycles. The first-order valence-corrected chi connectivity index (χ1v) is 9.30. The van der Waals surface area contributed by atoms with Gasteiger partial charge >= 0.3 is 0 Å². The number of nitrogens with zero attached hydrogens (tertiary/aromatic N) is 1. The van der Waals surface area contributed by atoms with Crippen molar-refractivity contribution in [1.82, 2.24) is 9.71 Å². The molecule has 23 heavy (non-hydrogen) atoms. The van der Waals surface area contributed by atoms with Crippen LogP contribution in [-0.2, 0) is 11.0 Å². The predicted molar refractivity (Wildman–Crippen MR) is 91.3 cm³/mol.